The molecule has 0 unspecified atom stereocenters. The summed E-state index contributed by atoms with van der Waals surface area (Å²) >= 11 is 0. The predicted octanol–water partition coefficient (Wildman–Crippen LogP) is -1.97. The summed E-state index contributed by atoms with van der Waals surface area (Å²) < 4.78 is 5.74. The molecule has 1 spiro atoms. The highest BCUT2D eigenvalue weighted by Crippen LogP contribution is 2.31. The molecule has 0 saturated carbocycles. The van der Waals surface area contributed by atoms with E-state index in [1.807, 2.05) is 0 Å². The number of likely N-dealkylation sites (tertiary alicyclic amines) is 1. The SMILES string of the molecule is CN1C(=O)NCC12CN(C[C@H]1OCC[C@H](NC(=O)c3cccc(=O)[nH]3)[C@@H]1O)C2.O=CO. The van der Waals surface area contributed by atoms with Crippen LogP contribution in [0.15, 0.2) is 23.0 Å². The summed E-state index contributed by atoms with van der Waals surface area (Å²) in [4.78, 5) is 50.1. The van der Waals surface area contributed by atoms with Gasteiger partial charge in [-0.3, -0.25) is 19.3 Å². The van der Waals surface area contributed by atoms with Crippen LogP contribution in [0.2, 0.25) is 0 Å². The van der Waals surface area contributed by atoms with Gasteiger partial charge in [0.25, 0.3) is 12.4 Å². The van der Waals surface area contributed by atoms with Crippen molar-refractivity contribution in [3.05, 3.63) is 34.2 Å². The molecule has 1 aromatic rings. The van der Waals surface area contributed by atoms with E-state index >= 15 is 0 Å². The number of aliphatic hydroxyl groups excluding tert-OH is 1. The van der Waals surface area contributed by atoms with Crippen LogP contribution in [-0.4, -0.2) is 107 Å². The van der Waals surface area contributed by atoms with Gasteiger partial charge in [-0.15, -0.1) is 0 Å². The number of pyridine rings is 1. The topological polar surface area (TPSA) is 164 Å². The minimum Gasteiger partial charge on any atom is -0.483 e. The zero-order valence-corrected chi connectivity index (χ0v) is 17.1. The van der Waals surface area contributed by atoms with Crippen molar-refractivity contribution in [1.82, 2.24) is 25.4 Å². The molecule has 170 valence electrons. The Morgan fingerprint density at radius 3 is 2.71 bits per heavy atom. The van der Waals surface area contributed by atoms with Gasteiger partial charge in [0.1, 0.15) is 11.8 Å². The third kappa shape index (κ3) is 4.86. The van der Waals surface area contributed by atoms with Crippen LogP contribution in [0.5, 0.6) is 0 Å². The Bertz CT molecular complexity index is 869. The number of urea groups is 1. The van der Waals surface area contributed by atoms with Gasteiger partial charge < -0.3 is 35.5 Å². The number of hydrogen-bond acceptors (Lipinski definition) is 7. The normalized spacial score (nSPS) is 27.0. The van der Waals surface area contributed by atoms with E-state index < -0.39 is 24.2 Å². The second-order valence-corrected chi connectivity index (χ2v) is 7.91. The number of ether oxygens (including phenoxy) is 1. The molecule has 0 aromatic carbocycles. The number of carboxylic acid groups (broad SMARTS) is 1. The fourth-order valence-corrected chi connectivity index (χ4v) is 4.21. The molecule has 3 amide bonds. The molecule has 0 radical (unpaired) electrons. The summed E-state index contributed by atoms with van der Waals surface area (Å²) in [5.41, 5.74) is -0.368. The highest BCUT2D eigenvalue weighted by Gasteiger charge is 2.52. The van der Waals surface area contributed by atoms with Crippen molar-refractivity contribution in [3.8, 4) is 0 Å². The molecule has 0 bridgehead atoms. The number of nitrogens with one attached hydrogen (secondary N) is 3. The number of aliphatic hydroxyl groups is 1. The van der Waals surface area contributed by atoms with Gasteiger partial charge in [-0.25, -0.2) is 4.79 Å². The molecular formula is C19H27N5O7. The standard InChI is InChI=1S/C18H25N5O5.CH2O2/c1-22-17(27)19-8-18(22)9-23(10-18)7-13-15(25)11(5-6-28-13)21-16(26)12-3-2-4-14(24)20-12;2-1-3/h2-4,11,13,15,25H,5-10H2,1H3,(H,19,27)(H,20,24)(H,21,26);1H,(H,2,3)/t11-,13+,15-;/m0./s1. The van der Waals surface area contributed by atoms with Crippen LogP contribution in [0.25, 0.3) is 0 Å². The minimum absolute atomic E-state index is 0.0599. The molecule has 12 nitrogen and oxygen atoms in total. The lowest BCUT2D eigenvalue weighted by Crippen LogP contribution is -2.70. The van der Waals surface area contributed by atoms with Crippen LogP contribution in [0.3, 0.4) is 0 Å². The Morgan fingerprint density at radius 1 is 1.39 bits per heavy atom. The highest BCUT2D eigenvalue weighted by molar-refractivity contribution is 5.92. The second kappa shape index (κ2) is 9.45. The van der Waals surface area contributed by atoms with Gasteiger partial charge in [0, 0.05) is 45.9 Å². The molecule has 31 heavy (non-hydrogen) atoms. The lowest BCUT2D eigenvalue weighted by atomic mass is 9.88. The van der Waals surface area contributed by atoms with Crippen molar-refractivity contribution in [2.45, 2.75) is 30.2 Å². The predicted molar refractivity (Wildman–Crippen MR) is 108 cm³/mol. The Labute approximate surface area is 178 Å². The molecule has 3 fully saturated rings. The summed E-state index contributed by atoms with van der Waals surface area (Å²) in [5.74, 6) is -0.428. The summed E-state index contributed by atoms with van der Waals surface area (Å²) in [6.07, 6.45) is -0.793. The van der Waals surface area contributed by atoms with E-state index in [2.05, 4.69) is 20.5 Å². The molecule has 4 heterocycles. The van der Waals surface area contributed by atoms with E-state index in [0.29, 0.717) is 26.1 Å². The summed E-state index contributed by atoms with van der Waals surface area (Å²) in [6.45, 7) is 2.77. The Morgan fingerprint density at radius 2 is 2.10 bits per heavy atom. The quantitative estimate of drug-likeness (QED) is 0.339. The number of aromatic amines is 1. The second-order valence-electron chi connectivity index (χ2n) is 7.91. The minimum atomic E-state index is -0.856. The van der Waals surface area contributed by atoms with Crippen molar-refractivity contribution in [2.75, 3.05) is 39.8 Å². The van der Waals surface area contributed by atoms with Gasteiger partial charge in [-0.05, 0) is 12.5 Å². The number of rotatable bonds is 4. The first-order valence-electron chi connectivity index (χ1n) is 9.91. The monoisotopic (exact) mass is 437 g/mol. The van der Waals surface area contributed by atoms with Crippen LogP contribution in [-0.2, 0) is 9.53 Å². The maximum Gasteiger partial charge on any atom is 0.317 e. The van der Waals surface area contributed by atoms with Crippen molar-refractivity contribution < 1.29 is 29.3 Å². The first-order chi connectivity index (χ1) is 14.8. The largest absolute Gasteiger partial charge is 0.483 e. The van der Waals surface area contributed by atoms with Crippen LogP contribution < -0.4 is 16.2 Å². The Hall–Kier alpha value is -2.96. The van der Waals surface area contributed by atoms with Crippen LogP contribution in [0, 0.1) is 0 Å². The first kappa shape index (κ1) is 22.7. The summed E-state index contributed by atoms with van der Waals surface area (Å²) in [7, 11) is 1.80. The van der Waals surface area contributed by atoms with E-state index in [-0.39, 0.29) is 29.3 Å². The van der Waals surface area contributed by atoms with Crippen LogP contribution in [0.1, 0.15) is 16.9 Å². The van der Waals surface area contributed by atoms with Gasteiger partial charge >= 0.3 is 6.03 Å². The Balaban J connectivity index is 0.000000858. The van der Waals surface area contributed by atoms with Gasteiger partial charge in [0.15, 0.2) is 0 Å². The summed E-state index contributed by atoms with van der Waals surface area (Å²) in [5, 5.41) is 23.2. The molecule has 3 saturated heterocycles. The lowest BCUT2D eigenvalue weighted by molar-refractivity contribution is -0.122. The third-order valence-electron chi connectivity index (χ3n) is 5.94. The highest BCUT2D eigenvalue weighted by atomic mass is 16.5. The number of hydrogen-bond donors (Lipinski definition) is 5. The maximum atomic E-state index is 12.4. The number of carbonyl (C=O) groups excluding carboxylic acids is 2. The zero-order valence-electron chi connectivity index (χ0n) is 17.1. The maximum absolute atomic E-state index is 12.4. The van der Waals surface area contributed by atoms with Gasteiger partial charge in [0.05, 0.1) is 17.7 Å². The molecular weight excluding hydrogens is 410 g/mol. The molecule has 1 aromatic heterocycles. The summed E-state index contributed by atoms with van der Waals surface area (Å²) in [6, 6.07) is 3.85. The number of likely N-dealkylation sites (N-methyl/N-ethyl adjacent to an activating group) is 1. The number of nitrogens with zero attached hydrogens (tertiary/aromatic N) is 2. The van der Waals surface area contributed by atoms with Crippen LogP contribution in [0.4, 0.5) is 4.79 Å². The Kier molecular flexibility index (Phi) is 6.93. The number of H-pyrrole nitrogens is 1. The van der Waals surface area contributed by atoms with E-state index in [9.17, 15) is 19.5 Å². The smallest absolute Gasteiger partial charge is 0.317 e. The molecule has 5 N–H and O–H groups in total. The van der Waals surface area contributed by atoms with Crippen molar-refractivity contribution in [3.63, 3.8) is 0 Å². The average Bonchev–Trinajstić information content (AvgIpc) is 3.00. The number of carbonyl (C=O) groups is 3. The fourth-order valence-electron chi connectivity index (χ4n) is 4.21. The number of aromatic nitrogens is 1. The van der Waals surface area contributed by atoms with Gasteiger partial charge in [-0.2, -0.15) is 0 Å². The van der Waals surface area contributed by atoms with E-state index in [4.69, 9.17) is 14.6 Å². The third-order valence-corrected chi connectivity index (χ3v) is 5.94. The molecule has 4 rings (SSSR count). The molecule has 3 atom stereocenters. The van der Waals surface area contributed by atoms with E-state index in [1.165, 1.54) is 18.2 Å². The molecule has 12 heteroatoms. The van der Waals surface area contributed by atoms with Crippen molar-refractivity contribution in [2.24, 2.45) is 0 Å². The van der Waals surface area contributed by atoms with Gasteiger partial charge in [0.2, 0.25) is 5.56 Å². The van der Waals surface area contributed by atoms with Gasteiger partial charge in [-0.1, -0.05) is 6.07 Å². The molecule has 0 aliphatic carbocycles. The van der Waals surface area contributed by atoms with Crippen molar-refractivity contribution in [1.29, 1.82) is 0 Å². The fraction of sp³-hybridized carbons (Fsp3) is 0.579. The zero-order chi connectivity index (χ0) is 22.6. The van der Waals surface area contributed by atoms with E-state index in [0.717, 1.165) is 13.1 Å². The average molecular weight is 437 g/mol. The van der Waals surface area contributed by atoms with Crippen molar-refractivity contribution >= 4 is 18.4 Å². The number of amides is 3. The lowest BCUT2D eigenvalue weighted by Gasteiger charge is -2.52. The van der Waals surface area contributed by atoms with E-state index in [1.54, 1.807) is 11.9 Å². The molecule has 3 aliphatic heterocycles. The first-order valence-corrected chi connectivity index (χ1v) is 9.91. The van der Waals surface area contributed by atoms with Crippen LogP contribution >= 0.6 is 0 Å². The molecule has 3 aliphatic rings.